The van der Waals surface area contributed by atoms with Gasteiger partial charge in [0, 0.05) is 5.56 Å². The maximum absolute atomic E-state index is 11.7. The first-order valence-electron chi connectivity index (χ1n) is 5.87. The second-order valence-electron chi connectivity index (χ2n) is 4.07. The molecule has 0 fully saturated rings. The van der Waals surface area contributed by atoms with Crippen molar-refractivity contribution < 1.29 is 27.7 Å². The van der Waals surface area contributed by atoms with Crippen molar-refractivity contribution in [2.24, 2.45) is 0 Å². The molecule has 100 valence electrons. The third-order valence-corrected chi connectivity index (χ3v) is 2.70. The second-order valence-corrected chi connectivity index (χ2v) is 4.07. The van der Waals surface area contributed by atoms with Gasteiger partial charge in [-0.25, -0.2) is 4.79 Å². The first-order chi connectivity index (χ1) is 8.77. The maximum Gasteiger partial charge on any atom is 0.338 e. The topological polar surface area (TPSA) is 53.9 Å². The van der Waals surface area contributed by atoms with Crippen molar-refractivity contribution >= 4 is 5.97 Å². The fourth-order valence-corrected chi connectivity index (χ4v) is 1.66. The molecule has 3 N–H and O–H groups in total. The number of hydrogen-bond acceptors (Lipinski definition) is 2. The van der Waals surface area contributed by atoms with Crippen LogP contribution in [0.2, 0.25) is 0 Å². The van der Waals surface area contributed by atoms with Gasteiger partial charge in [-0.15, -0.1) is 0 Å². The summed E-state index contributed by atoms with van der Waals surface area (Å²) in [6, 6.07) is 18.7. The van der Waals surface area contributed by atoms with E-state index < -0.39 is 0 Å². The molecule has 19 heavy (non-hydrogen) atoms. The molecule has 4 heteroatoms. The van der Waals surface area contributed by atoms with Gasteiger partial charge in [-0.2, -0.15) is 0 Å². The largest absolute Gasteiger partial charge is 1.00 e. The Morgan fingerprint density at radius 1 is 1.00 bits per heavy atom. The molecule has 0 spiro atoms. The van der Waals surface area contributed by atoms with E-state index in [2.05, 4.69) is 5.73 Å². The molecule has 2 aromatic rings. The van der Waals surface area contributed by atoms with Crippen molar-refractivity contribution in [3.63, 3.8) is 0 Å². The lowest BCUT2D eigenvalue weighted by Crippen LogP contribution is -3.00. The van der Waals surface area contributed by atoms with Crippen LogP contribution in [0.3, 0.4) is 0 Å². The zero-order valence-electron chi connectivity index (χ0n) is 10.5. The summed E-state index contributed by atoms with van der Waals surface area (Å²) in [6.07, 6.45) is 0. The third-order valence-electron chi connectivity index (χ3n) is 2.70. The van der Waals surface area contributed by atoms with Crippen molar-refractivity contribution in [2.45, 2.75) is 6.04 Å². The van der Waals surface area contributed by atoms with Crippen molar-refractivity contribution in [3.8, 4) is 0 Å². The first-order valence-corrected chi connectivity index (χ1v) is 5.87. The summed E-state index contributed by atoms with van der Waals surface area (Å²) in [6.45, 7) is 0.289. The van der Waals surface area contributed by atoms with Gasteiger partial charge in [-0.1, -0.05) is 48.5 Å². The van der Waals surface area contributed by atoms with Crippen LogP contribution in [0.5, 0.6) is 0 Å². The van der Waals surface area contributed by atoms with Gasteiger partial charge in [-0.05, 0) is 12.1 Å². The molecule has 0 aliphatic carbocycles. The molecule has 0 amide bonds. The van der Waals surface area contributed by atoms with E-state index in [0.717, 1.165) is 5.56 Å². The van der Waals surface area contributed by atoms with Crippen molar-refractivity contribution in [2.75, 3.05) is 6.61 Å². The highest BCUT2D eigenvalue weighted by atomic mass is 35.5. The Labute approximate surface area is 118 Å². The Bertz CT molecular complexity index is 502. The predicted molar refractivity (Wildman–Crippen MR) is 68.8 cm³/mol. The molecule has 0 saturated carbocycles. The van der Waals surface area contributed by atoms with Crippen LogP contribution in [0.1, 0.15) is 22.0 Å². The van der Waals surface area contributed by atoms with E-state index in [1.54, 1.807) is 12.1 Å². The van der Waals surface area contributed by atoms with Crippen molar-refractivity contribution in [1.29, 1.82) is 0 Å². The summed E-state index contributed by atoms with van der Waals surface area (Å²) in [7, 11) is 0. The number of benzene rings is 2. The molecule has 0 bridgehead atoms. The Kier molecular flexibility index (Phi) is 6.06. The third kappa shape index (κ3) is 4.39. The number of carbonyl (C=O) groups excluding carboxylic acids is 1. The molecular formula is C15H16ClNO2. The average molecular weight is 278 g/mol. The zero-order valence-corrected chi connectivity index (χ0v) is 11.2. The molecule has 0 aromatic heterocycles. The van der Waals surface area contributed by atoms with E-state index >= 15 is 0 Å². The molecule has 1 unspecified atom stereocenters. The summed E-state index contributed by atoms with van der Waals surface area (Å²) >= 11 is 0. The van der Waals surface area contributed by atoms with Gasteiger partial charge < -0.3 is 22.9 Å². The number of rotatable bonds is 4. The van der Waals surface area contributed by atoms with E-state index in [9.17, 15) is 4.79 Å². The van der Waals surface area contributed by atoms with Crippen LogP contribution in [0, 0.1) is 0 Å². The molecule has 2 aromatic carbocycles. The monoisotopic (exact) mass is 277 g/mol. The summed E-state index contributed by atoms with van der Waals surface area (Å²) in [4.78, 5) is 11.7. The molecule has 2 rings (SSSR count). The van der Waals surface area contributed by atoms with Gasteiger partial charge in [0.2, 0.25) is 0 Å². The highest BCUT2D eigenvalue weighted by Gasteiger charge is 2.13. The van der Waals surface area contributed by atoms with E-state index in [4.69, 9.17) is 4.74 Å². The minimum atomic E-state index is -0.305. The number of quaternary nitrogens is 1. The van der Waals surface area contributed by atoms with Crippen LogP contribution in [0.4, 0.5) is 0 Å². The molecule has 0 aliphatic heterocycles. The second kappa shape index (κ2) is 7.56. The smallest absolute Gasteiger partial charge is 0.338 e. The van der Waals surface area contributed by atoms with Crippen molar-refractivity contribution in [3.05, 3.63) is 71.8 Å². The van der Waals surface area contributed by atoms with Gasteiger partial charge in [0.15, 0.2) is 0 Å². The number of carbonyl (C=O) groups is 1. The van der Waals surface area contributed by atoms with Crippen LogP contribution >= 0.6 is 0 Å². The number of esters is 1. The number of halogens is 1. The molecule has 0 saturated heterocycles. The average Bonchev–Trinajstić information content (AvgIpc) is 2.46. The zero-order chi connectivity index (χ0) is 12.8. The van der Waals surface area contributed by atoms with Crippen LogP contribution in [0.25, 0.3) is 0 Å². The maximum atomic E-state index is 11.7. The SMILES string of the molecule is [Cl-].[NH3+]C(COC(=O)c1ccccc1)c1ccccc1. The molecule has 1 atom stereocenters. The standard InChI is InChI=1S/C15H15NO2.ClH/c16-14(12-7-3-1-4-8-12)11-18-15(17)13-9-5-2-6-10-13;/h1-10,14H,11,16H2;1H. The van der Waals surface area contributed by atoms with Gasteiger partial charge in [-0.3, -0.25) is 0 Å². The lowest BCUT2D eigenvalue weighted by molar-refractivity contribution is -0.431. The first kappa shape index (κ1) is 15.2. The number of ether oxygens (including phenoxy) is 1. The Hall–Kier alpha value is -1.84. The summed E-state index contributed by atoms with van der Waals surface area (Å²) < 4.78 is 5.24. The molecule has 0 aliphatic rings. The fourth-order valence-electron chi connectivity index (χ4n) is 1.66. The molecule has 0 heterocycles. The Morgan fingerprint density at radius 2 is 1.53 bits per heavy atom. The highest BCUT2D eigenvalue weighted by molar-refractivity contribution is 5.89. The predicted octanol–water partition coefficient (Wildman–Crippen LogP) is -1.17. The van der Waals surface area contributed by atoms with Gasteiger partial charge in [0.05, 0.1) is 5.56 Å². The van der Waals surface area contributed by atoms with Gasteiger partial charge in [0.1, 0.15) is 12.6 Å². The minimum absolute atomic E-state index is 0. The van der Waals surface area contributed by atoms with E-state index in [1.165, 1.54) is 0 Å². The van der Waals surface area contributed by atoms with Crippen LogP contribution in [-0.2, 0) is 4.74 Å². The highest BCUT2D eigenvalue weighted by Crippen LogP contribution is 2.09. The Morgan fingerprint density at radius 3 is 2.11 bits per heavy atom. The van der Waals surface area contributed by atoms with E-state index in [-0.39, 0.29) is 31.0 Å². The van der Waals surface area contributed by atoms with Gasteiger partial charge >= 0.3 is 5.97 Å². The van der Waals surface area contributed by atoms with Crippen molar-refractivity contribution in [1.82, 2.24) is 0 Å². The summed E-state index contributed by atoms with van der Waals surface area (Å²) in [5.41, 5.74) is 5.63. The quantitative estimate of drug-likeness (QED) is 0.716. The van der Waals surface area contributed by atoms with Gasteiger partial charge in [0.25, 0.3) is 0 Å². The lowest BCUT2D eigenvalue weighted by Gasteiger charge is -2.09. The summed E-state index contributed by atoms with van der Waals surface area (Å²) in [5, 5.41) is 0. The normalized spacial score (nSPS) is 11.2. The fraction of sp³-hybridized carbons (Fsp3) is 0.133. The Balaban J connectivity index is 0.00000180. The van der Waals surface area contributed by atoms with E-state index in [1.807, 2.05) is 48.5 Å². The molecular weight excluding hydrogens is 262 g/mol. The molecule has 3 nitrogen and oxygen atoms in total. The minimum Gasteiger partial charge on any atom is -1.00 e. The lowest BCUT2D eigenvalue weighted by atomic mass is 10.1. The van der Waals surface area contributed by atoms with Crippen LogP contribution < -0.4 is 18.1 Å². The van der Waals surface area contributed by atoms with Crippen LogP contribution in [0.15, 0.2) is 60.7 Å². The van der Waals surface area contributed by atoms with E-state index in [0.29, 0.717) is 5.56 Å². The van der Waals surface area contributed by atoms with Crippen LogP contribution in [-0.4, -0.2) is 12.6 Å². The summed E-state index contributed by atoms with van der Waals surface area (Å²) in [5.74, 6) is -0.305. The number of hydrogen-bond donors (Lipinski definition) is 1. The molecule has 0 radical (unpaired) electrons.